The van der Waals surface area contributed by atoms with Gasteiger partial charge in [0.1, 0.15) is 23.9 Å². The van der Waals surface area contributed by atoms with Crippen molar-refractivity contribution in [3.63, 3.8) is 0 Å². The molecule has 3 heterocycles. The molecule has 1 aromatic heterocycles. The summed E-state index contributed by atoms with van der Waals surface area (Å²) in [6.45, 7) is 5.43. The second-order valence-corrected chi connectivity index (χ2v) is 9.55. The summed E-state index contributed by atoms with van der Waals surface area (Å²) in [5.41, 5.74) is 0.521. The highest BCUT2D eigenvalue weighted by Crippen LogP contribution is 2.34. The second-order valence-electron chi connectivity index (χ2n) is 9.11. The summed E-state index contributed by atoms with van der Waals surface area (Å²) < 4.78 is 5.55. The number of rotatable bonds is 7. The fourth-order valence-corrected chi connectivity index (χ4v) is 4.23. The summed E-state index contributed by atoms with van der Waals surface area (Å²) in [5.74, 6) is 0.116. The van der Waals surface area contributed by atoms with Crippen LogP contribution in [0.1, 0.15) is 57.4 Å². The van der Waals surface area contributed by atoms with Gasteiger partial charge in [0.2, 0.25) is 0 Å². The number of nitrogens with zero attached hydrogens (tertiary/aromatic N) is 3. The van der Waals surface area contributed by atoms with E-state index in [1.807, 2.05) is 12.1 Å². The molecule has 2 aliphatic rings. The molecule has 0 spiro atoms. The van der Waals surface area contributed by atoms with E-state index < -0.39 is 36.0 Å². The SMILES string of the molecule is CC(C)CCC1(C)NC(=O)N(CC(=O)N2N=C(c3ccc(Cl)cc3)CC2c2ccco2)C1=O. The van der Waals surface area contributed by atoms with Gasteiger partial charge < -0.3 is 9.73 Å². The van der Waals surface area contributed by atoms with Crippen LogP contribution in [0, 0.1) is 5.92 Å². The van der Waals surface area contributed by atoms with Gasteiger partial charge in [0.25, 0.3) is 11.8 Å². The molecule has 2 aliphatic heterocycles. The highest BCUT2D eigenvalue weighted by Gasteiger charge is 2.49. The van der Waals surface area contributed by atoms with Crippen LogP contribution in [0.3, 0.4) is 0 Å². The standard InChI is InChI=1S/C24H27ClN4O4/c1-15(2)10-11-24(3)22(31)28(23(32)26-24)14-21(30)29-19(20-5-4-12-33-20)13-18(27-29)16-6-8-17(25)9-7-16/h4-9,12,15,19H,10-11,13-14H2,1-3H3,(H,26,32). The molecule has 0 radical (unpaired) electrons. The molecule has 8 nitrogen and oxygen atoms in total. The topological polar surface area (TPSA) is 95.2 Å². The van der Waals surface area contributed by atoms with Crippen molar-refractivity contribution in [1.29, 1.82) is 0 Å². The van der Waals surface area contributed by atoms with Crippen LogP contribution in [-0.2, 0) is 9.59 Å². The Morgan fingerprint density at radius 2 is 2.00 bits per heavy atom. The zero-order valence-electron chi connectivity index (χ0n) is 18.9. The number of benzene rings is 1. The van der Waals surface area contributed by atoms with Gasteiger partial charge in [-0.1, -0.05) is 37.6 Å². The fraction of sp³-hybridized carbons (Fsp3) is 0.417. The Hall–Kier alpha value is -3.13. The zero-order valence-corrected chi connectivity index (χ0v) is 19.6. The Balaban J connectivity index is 1.55. The number of carbonyl (C=O) groups is 3. The number of hydrogen-bond acceptors (Lipinski definition) is 5. The van der Waals surface area contributed by atoms with Crippen LogP contribution in [0.2, 0.25) is 5.02 Å². The molecule has 2 aromatic rings. The van der Waals surface area contributed by atoms with E-state index in [0.717, 1.165) is 16.9 Å². The van der Waals surface area contributed by atoms with Gasteiger partial charge >= 0.3 is 6.03 Å². The lowest BCUT2D eigenvalue weighted by Gasteiger charge is -2.24. The predicted molar refractivity (Wildman–Crippen MR) is 124 cm³/mol. The Labute approximate surface area is 197 Å². The van der Waals surface area contributed by atoms with Gasteiger partial charge in [-0.15, -0.1) is 0 Å². The lowest BCUT2D eigenvalue weighted by molar-refractivity contribution is -0.140. The van der Waals surface area contributed by atoms with Crippen LogP contribution in [0.15, 0.2) is 52.2 Å². The third kappa shape index (κ3) is 4.66. The molecular weight excluding hydrogens is 444 g/mol. The summed E-state index contributed by atoms with van der Waals surface area (Å²) in [6, 6.07) is 9.70. The van der Waals surface area contributed by atoms with Gasteiger partial charge in [0.15, 0.2) is 0 Å². The van der Waals surface area contributed by atoms with Crippen LogP contribution >= 0.6 is 11.6 Å². The number of carbonyl (C=O) groups excluding carboxylic acids is 3. The third-order valence-electron chi connectivity index (χ3n) is 6.08. The van der Waals surface area contributed by atoms with Crippen LogP contribution in [0.4, 0.5) is 4.79 Å². The van der Waals surface area contributed by atoms with E-state index in [1.54, 1.807) is 31.2 Å². The first-order valence-corrected chi connectivity index (χ1v) is 11.4. The Morgan fingerprint density at radius 3 is 2.64 bits per heavy atom. The molecule has 2 atom stereocenters. The molecular formula is C24H27ClN4O4. The molecule has 1 aromatic carbocycles. The molecule has 0 saturated carbocycles. The summed E-state index contributed by atoms with van der Waals surface area (Å²) in [4.78, 5) is 39.9. The maximum atomic E-state index is 13.3. The smallest absolute Gasteiger partial charge is 0.325 e. The minimum atomic E-state index is -1.01. The van der Waals surface area contributed by atoms with E-state index in [9.17, 15) is 14.4 Å². The highest BCUT2D eigenvalue weighted by molar-refractivity contribution is 6.30. The molecule has 2 unspecified atom stereocenters. The molecule has 1 N–H and O–H groups in total. The maximum Gasteiger partial charge on any atom is 0.325 e. The van der Waals surface area contributed by atoms with E-state index in [-0.39, 0.29) is 0 Å². The number of urea groups is 1. The quantitative estimate of drug-likeness (QED) is 0.608. The number of imide groups is 1. The van der Waals surface area contributed by atoms with Crippen molar-refractivity contribution in [3.8, 4) is 0 Å². The van der Waals surface area contributed by atoms with Crippen LogP contribution in [-0.4, -0.2) is 45.5 Å². The normalized spacial score (nSPS) is 22.8. The van der Waals surface area contributed by atoms with Crippen LogP contribution < -0.4 is 5.32 Å². The minimum Gasteiger partial charge on any atom is -0.467 e. The first-order valence-electron chi connectivity index (χ1n) is 11.0. The Kier molecular flexibility index (Phi) is 6.30. The van der Waals surface area contributed by atoms with Gasteiger partial charge in [-0.2, -0.15) is 5.10 Å². The summed E-state index contributed by atoms with van der Waals surface area (Å²) in [6.07, 6.45) is 3.27. The Morgan fingerprint density at radius 1 is 1.27 bits per heavy atom. The molecule has 4 rings (SSSR count). The molecule has 9 heteroatoms. The monoisotopic (exact) mass is 470 g/mol. The van der Waals surface area contributed by atoms with E-state index in [0.29, 0.717) is 35.3 Å². The molecule has 174 valence electrons. The van der Waals surface area contributed by atoms with Crippen molar-refractivity contribution in [2.75, 3.05) is 6.54 Å². The number of halogens is 1. The second kappa shape index (κ2) is 9.02. The van der Waals surface area contributed by atoms with Gasteiger partial charge in [-0.25, -0.2) is 9.80 Å². The van der Waals surface area contributed by atoms with Crippen LogP contribution in [0.25, 0.3) is 0 Å². The van der Waals surface area contributed by atoms with Crippen molar-refractivity contribution in [1.82, 2.24) is 15.2 Å². The fourth-order valence-electron chi connectivity index (χ4n) is 4.10. The molecule has 0 aliphatic carbocycles. The lowest BCUT2D eigenvalue weighted by atomic mass is 9.92. The van der Waals surface area contributed by atoms with Gasteiger partial charge in [0, 0.05) is 11.4 Å². The van der Waals surface area contributed by atoms with E-state index >= 15 is 0 Å². The van der Waals surface area contributed by atoms with E-state index in [4.69, 9.17) is 16.0 Å². The average Bonchev–Trinajstić information content (AvgIpc) is 3.49. The number of furan rings is 1. The van der Waals surface area contributed by atoms with E-state index in [2.05, 4.69) is 24.3 Å². The lowest BCUT2D eigenvalue weighted by Crippen LogP contribution is -2.45. The van der Waals surface area contributed by atoms with Crippen molar-refractivity contribution in [2.24, 2.45) is 11.0 Å². The predicted octanol–water partition coefficient (Wildman–Crippen LogP) is 4.36. The first kappa shape index (κ1) is 23.0. The average molecular weight is 471 g/mol. The van der Waals surface area contributed by atoms with Gasteiger partial charge in [0.05, 0.1) is 12.0 Å². The van der Waals surface area contributed by atoms with Gasteiger partial charge in [-0.3, -0.25) is 14.5 Å². The highest BCUT2D eigenvalue weighted by atomic mass is 35.5. The molecule has 4 amide bonds. The number of hydrogen-bond donors (Lipinski definition) is 1. The van der Waals surface area contributed by atoms with Crippen molar-refractivity contribution >= 4 is 35.2 Å². The minimum absolute atomic E-state index is 0.390. The van der Waals surface area contributed by atoms with Crippen LogP contribution in [0.5, 0.6) is 0 Å². The van der Waals surface area contributed by atoms with Crippen molar-refractivity contribution < 1.29 is 18.8 Å². The zero-order chi connectivity index (χ0) is 23.8. The number of hydrazone groups is 1. The molecule has 33 heavy (non-hydrogen) atoms. The number of amides is 4. The number of nitrogens with one attached hydrogen (secondary N) is 1. The summed E-state index contributed by atoms with van der Waals surface area (Å²) in [7, 11) is 0. The Bertz CT molecular complexity index is 1080. The largest absolute Gasteiger partial charge is 0.467 e. The van der Waals surface area contributed by atoms with Crippen molar-refractivity contribution in [2.45, 2.75) is 51.6 Å². The molecule has 0 bridgehead atoms. The summed E-state index contributed by atoms with van der Waals surface area (Å²) >= 11 is 6.00. The van der Waals surface area contributed by atoms with Crippen molar-refractivity contribution in [3.05, 3.63) is 59.0 Å². The molecule has 1 fully saturated rings. The van der Waals surface area contributed by atoms with Gasteiger partial charge in [-0.05, 0) is 55.5 Å². The first-order chi connectivity index (χ1) is 15.7. The maximum absolute atomic E-state index is 13.3. The third-order valence-corrected chi connectivity index (χ3v) is 6.33. The van der Waals surface area contributed by atoms with E-state index in [1.165, 1.54) is 11.3 Å². The molecule has 1 saturated heterocycles. The summed E-state index contributed by atoms with van der Waals surface area (Å²) in [5, 5.41) is 9.22.